The lowest BCUT2D eigenvalue weighted by Gasteiger charge is -2.23. The third-order valence-electron chi connectivity index (χ3n) is 5.46. The number of carbonyl (C=O) groups excluding carboxylic acids is 1. The number of anilines is 4. The minimum atomic E-state index is 0.0684. The Hall–Kier alpha value is -3.41. The number of ketones is 1. The Morgan fingerprint density at radius 3 is 2.57 bits per heavy atom. The van der Waals surface area contributed by atoms with Crippen LogP contribution < -0.4 is 15.4 Å². The molecule has 0 amide bonds. The van der Waals surface area contributed by atoms with Crippen molar-refractivity contribution in [1.82, 2.24) is 9.97 Å². The van der Waals surface area contributed by atoms with Gasteiger partial charge < -0.3 is 15.4 Å². The number of hydrogen-bond donors (Lipinski definition) is 2. The number of ether oxygens (including phenoxy) is 1. The van der Waals surface area contributed by atoms with Gasteiger partial charge in [-0.15, -0.1) is 0 Å². The van der Waals surface area contributed by atoms with Gasteiger partial charge in [-0.1, -0.05) is 25.1 Å². The second kappa shape index (κ2) is 8.14. The third kappa shape index (κ3) is 3.99. The summed E-state index contributed by atoms with van der Waals surface area (Å²) in [6.07, 6.45) is 1.24. The van der Waals surface area contributed by atoms with Crippen LogP contribution in [0, 0.1) is 19.8 Å². The Morgan fingerprint density at radius 1 is 1.00 bits per heavy atom. The maximum atomic E-state index is 12.8. The van der Waals surface area contributed by atoms with Crippen LogP contribution in [-0.4, -0.2) is 22.9 Å². The highest BCUT2D eigenvalue weighted by Gasteiger charge is 2.28. The Kier molecular flexibility index (Phi) is 5.40. The first-order valence-corrected chi connectivity index (χ1v) is 10.1. The Bertz CT molecular complexity index is 1110. The molecule has 1 unspecified atom stereocenters. The fourth-order valence-corrected chi connectivity index (χ4v) is 3.74. The molecule has 1 aromatic heterocycles. The normalized spacial score (nSPS) is 15.5. The number of methoxy groups -OCH3 is 1. The molecular formula is C24H26N4O2. The molecule has 0 bridgehead atoms. The van der Waals surface area contributed by atoms with E-state index in [0.717, 1.165) is 23.5 Å². The predicted molar refractivity (Wildman–Crippen MR) is 119 cm³/mol. The standard InChI is InChI=1S/C24H26N4O2/c1-14-11-19-22(20(29)12-14)23(26-18-7-5-6-8-21(18)30-4)28-24(27-19)25-17-10-9-15(2)16(3)13-17/h5-10,13-14H,11-12H2,1-4H3,(H2,25,26,27,28). The largest absolute Gasteiger partial charge is 0.495 e. The number of para-hydroxylation sites is 2. The number of nitrogens with zero attached hydrogens (tertiary/aromatic N) is 2. The summed E-state index contributed by atoms with van der Waals surface area (Å²) in [7, 11) is 1.62. The molecule has 154 valence electrons. The van der Waals surface area contributed by atoms with E-state index in [1.54, 1.807) is 7.11 Å². The van der Waals surface area contributed by atoms with Gasteiger partial charge in [0.1, 0.15) is 11.6 Å². The van der Waals surface area contributed by atoms with E-state index < -0.39 is 0 Å². The number of aromatic nitrogens is 2. The van der Waals surface area contributed by atoms with Gasteiger partial charge in [0, 0.05) is 12.1 Å². The zero-order chi connectivity index (χ0) is 21.3. The summed E-state index contributed by atoms with van der Waals surface area (Å²) in [6.45, 7) is 6.23. The molecule has 0 spiro atoms. The third-order valence-corrected chi connectivity index (χ3v) is 5.46. The lowest BCUT2D eigenvalue weighted by molar-refractivity contribution is 0.0952. The molecule has 0 saturated carbocycles. The van der Waals surface area contributed by atoms with Gasteiger partial charge in [0.05, 0.1) is 24.1 Å². The molecule has 0 radical (unpaired) electrons. The number of hydrogen-bond acceptors (Lipinski definition) is 6. The number of aryl methyl sites for hydroxylation is 2. The number of carbonyl (C=O) groups is 1. The van der Waals surface area contributed by atoms with Crippen LogP contribution in [0.1, 0.15) is 40.5 Å². The van der Waals surface area contributed by atoms with Crippen molar-refractivity contribution in [1.29, 1.82) is 0 Å². The van der Waals surface area contributed by atoms with Crippen LogP contribution in [0.15, 0.2) is 42.5 Å². The molecule has 6 heteroatoms. The van der Waals surface area contributed by atoms with E-state index in [4.69, 9.17) is 9.72 Å². The quantitative estimate of drug-likeness (QED) is 0.599. The highest BCUT2D eigenvalue weighted by molar-refractivity contribution is 6.03. The number of fused-ring (bicyclic) bond motifs is 1. The van der Waals surface area contributed by atoms with Gasteiger partial charge in [-0.2, -0.15) is 4.98 Å². The minimum Gasteiger partial charge on any atom is -0.495 e. The Labute approximate surface area is 176 Å². The van der Waals surface area contributed by atoms with E-state index in [-0.39, 0.29) is 11.7 Å². The van der Waals surface area contributed by atoms with Gasteiger partial charge in [-0.25, -0.2) is 4.98 Å². The fourth-order valence-electron chi connectivity index (χ4n) is 3.74. The average Bonchev–Trinajstić information content (AvgIpc) is 2.70. The molecule has 0 aliphatic heterocycles. The predicted octanol–water partition coefficient (Wildman–Crippen LogP) is 5.35. The number of Topliss-reactive ketones (excluding diaryl/α,β-unsaturated/α-hetero) is 1. The van der Waals surface area contributed by atoms with E-state index in [1.807, 2.05) is 30.3 Å². The first kappa shape index (κ1) is 19.9. The lowest BCUT2D eigenvalue weighted by atomic mass is 9.87. The first-order chi connectivity index (χ1) is 14.4. The monoisotopic (exact) mass is 402 g/mol. The number of rotatable bonds is 5. The zero-order valence-corrected chi connectivity index (χ0v) is 17.7. The lowest BCUT2D eigenvalue weighted by Crippen LogP contribution is -2.22. The summed E-state index contributed by atoms with van der Waals surface area (Å²) in [4.78, 5) is 22.2. The molecule has 1 atom stereocenters. The van der Waals surface area contributed by atoms with Crippen LogP contribution in [0.25, 0.3) is 0 Å². The van der Waals surface area contributed by atoms with Gasteiger partial charge in [0.25, 0.3) is 0 Å². The fraction of sp³-hybridized carbons (Fsp3) is 0.292. The van der Waals surface area contributed by atoms with Crippen LogP contribution in [0.5, 0.6) is 5.75 Å². The molecule has 30 heavy (non-hydrogen) atoms. The van der Waals surface area contributed by atoms with Gasteiger partial charge in [-0.05, 0) is 61.6 Å². The Morgan fingerprint density at radius 2 is 1.80 bits per heavy atom. The molecule has 1 aliphatic rings. The van der Waals surface area contributed by atoms with E-state index in [2.05, 4.69) is 48.5 Å². The van der Waals surface area contributed by atoms with Gasteiger partial charge in [0.2, 0.25) is 5.95 Å². The number of nitrogens with one attached hydrogen (secondary N) is 2. The van der Waals surface area contributed by atoms with Crippen LogP contribution in [0.2, 0.25) is 0 Å². The molecule has 1 heterocycles. The highest BCUT2D eigenvalue weighted by Crippen LogP contribution is 2.34. The van der Waals surface area contributed by atoms with Gasteiger partial charge >= 0.3 is 0 Å². The van der Waals surface area contributed by atoms with Crippen molar-refractivity contribution < 1.29 is 9.53 Å². The van der Waals surface area contributed by atoms with Crippen LogP contribution in [0.3, 0.4) is 0 Å². The summed E-state index contributed by atoms with van der Waals surface area (Å²) in [5.74, 6) is 1.99. The summed E-state index contributed by atoms with van der Waals surface area (Å²) >= 11 is 0. The average molecular weight is 402 g/mol. The van der Waals surface area contributed by atoms with Crippen molar-refractivity contribution >= 4 is 28.9 Å². The molecule has 1 aliphatic carbocycles. The van der Waals surface area contributed by atoms with E-state index >= 15 is 0 Å². The van der Waals surface area contributed by atoms with Crippen molar-refractivity contribution in [3.8, 4) is 5.75 Å². The SMILES string of the molecule is COc1ccccc1Nc1nc(Nc2ccc(C)c(C)c2)nc2c1C(=O)CC(C)C2. The maximum Gasteiger partial charge on any atom is 0.229 e. The molecular weight excluding hydrogens is 376 g/mol. The topological polar surface area (TPSA) is 76.1 Å². The molecule has 2 aromatic carbocycles. The van der Waals surface area contributed by atoms with Gasteiger partial charge in [0.15, 0.2) is 5.78 Å². The first-order valence-electron chi connectivity index (χ1n) is 10.1. The Balaban J connectivity index is 1.77. The zero-order valence-electron chi connectivity index (χ0n) is 17.7. The van der Waals surface area contributed by atoms with Crippen molar-refractivity contribution in [3.05, 3.63) is 64.8 Å². The van der Waals surface area contributed by atoms with Crippen molar-refractivity contribution in [2.45, 2.75) is 33.6 Å². The number of benzene rings is 2. The van der Waals surface area contributed by atoms with Crippen molar-refractivity contribution in [2.75, 3.05) is 17.7 Å². The smallest absolute Gasteiger partial charge is 0.229 e. The van der Waals surface area contributed by atoms with Crippen LogP contribution >= 0.6 is 0 Å². The maximum absolute atomic E-state index is 12.8. The summed E-state index contributed by atoms with van der Waals surface area (Å²) in [5.41, 5.74) is 5.43. The van der Waals surface area contributed by atoms with Gasteiger partial charge in [-0.3, -0.25) is 4.79 Å². The molecule has 4 rings (SSSR count). The van der Waals surface area contributed by atoms with Crippen molar-refractivity contribution in [3.63, 3.8) is 0 Å². The molecule has 0 saturated heterocycles. The van der Waals surface area contributed by atoms with Crippen LogP contribution in [-0.2, 0) is 6.42 Å². The second-order valence-electron chi connectivity index (χ2n) is 7.90. The van der Waals surface area contributed by atoms with Crippen LogP contribution in [0.4, 0.5) is 23.1 Å². The van der Waals surface area contributed by atoms with Crippen molar-refractivity contribution in [2.24, 2.45) is 5.92 Å². The van der Waals surface area contributed by atoms with E-state index in [1.165, 1.54) is 11.1 Å². The van der Waals surface area contributed by atoms with E-state index in [9.17, 15) is 4.79 Å². The molecule has 2 N–H and O–H groups in total. The minimum absolute atomic E-state index is 0.0684. The summed E-state index contributed by atoms with van der Waals surface area (Å²) in [5, 5.41) is 6.61. The molecule has 6 nitrogen and oxygen atoms in total. The molecule has 0 fully saturated rings. The summed E-state index contributed by atoms with van der Waals surface area (Å²) in [6, 6.07) is 13.7. The molecule has 3 aromatic rings. The second-order valence-corrected chi connectivity index (χ2v) is 7.90. The highest BCUT2D eigenvalue weighted by atomic mass is 16.5. The van der Waals surface area contributed by atoms with E-state index in [0.29, 0.717) is 29.5 Å². The summed E-state index contributed by atoms with van der Waals surface area (Å²) < 4.78 is 5.45.